The Kier molecular flexibility index (Phi) is 5.40. The van der Waals surface area contributed by atoms with E-state index in [0.29, 0.717) is 18.0 Å². The monoisotopic (exact) mass is 550 g/mol. The van der Waals surface area contributed by atoms with Gasteiger partial charge in [0.2, 0.25) is 0 Å². The molecule has 5 rings (SSSR count). The number of rotatable bonds is 4. The fourth-order valence-corrected chi connectivity index (χ4v) is 5.18. The fraction of sp³-hybridized carbons (Fsp3) is 0.200. The molecule has 0 unspecified atom stereocenters. The summed E-state index contributed by atoms with van der Waals surface area (Å²) in [5.74, 6) is 0.653. The minimum Gasteiger partial charge on any atom is -0.383 e. The van der Waals surface area contributed by atoms with Gasteiger partial charge in [0.05, 0.1) is 23.0 Å². The summed E-state index contributed by atoms with van der Waals surface area (Å²) in [6.07, 6.45) is 1.44. The minimum atomic E-state index is -0.0333. The van der Waals surface area contributed by atoms with Gasteiger partial charge in [0, 0.05) is 5.69 Å². The van der Waals surface area contributed by atoms with Gasteiger partial charge in [-0.05, 0) is 64.1 Å². The van der Waals surface area contributed by atoms with Gasteiger partial charge in [0.15, 0.2) is 5.65 Å². The van der Waals surface area contributed by atoms with Crippen LogP contribution >= 0.6 is 22.6 Å². The van der Waals surface area contributed by atoms with Crippen molar-refractivity contribution in [2.45, 2.75) is 33.2 Å². The molecule has 3 heterocycles. The van der Waals surface area contributed by atoms with Crippen molar-refractivity contribution in [1.82, 2.24) is 24.3 Å². The van der Waals surface area contributed by atoms with E-state index in [1.54, 1.807) is 4.68 Å². The van der Waals surface area contributed by atoms with E-state index >= 15 is 0 Å². The number of pyridine rings is 1. The molecule has 0 amide bonds. The number of fused-ring (bicyclic) bond motifs is 2. The lowest BCUT2D eigenvalue weighted by Crippen LogP contribution is -2.25. The van der Waals surface area contributed by atoms with Gasteiger partial charge in [0.1, 0.15) is 15.8 Å². The van der Waals surface area contributed by atoms with Crippen LogP contribution in [-0.4, -0.2) is 24.3 Å². The second kappa shape index (κ2) is 8.26. The van der Waals surface area contributed by atoms with E-state index in [2.05, 4.69) is 63.6 Å². The van der Waals surface area contributed by atoms with Crippen LogP contribution in [0.25, 0.3) is 27.5 Å². The molecule has 2 aromatic carbocycles. The Labute approximate surface area is 204 Å². The van der Waals surface area contributed by atoms with Crippen LogP contribution in [0.3, 0.4) is 0 Å². The summed E-state index contributed by atoms with van der Waals surface area (Å²) >= 11 is 2.15. The second-order valence-electron chi connectivity index (χ2n) is 8.43. The number of para-hydroxylation sites is 1. The number of nitrogens with two attached hydrogens (primary N) is 1. The maximum Gasteiger partial charge on any atom is 0.263 e. The van der Waals surface area contributed by atoms with E-state index in [9.17, 15) is 4.79 Å². The Balaban J connectivity index is 1.83. The van der Waals surface area contributed by atoms with Gasteiger partial charge >= 0.3 is 0 Å². The van der Waals surface area contributed by atoms with E-state index < -0.39 is 0 Å². The smallest absolute Gasteiger partial charge is 0.263 e. The summed E-state index contributed by atoms with van der Waals surface area (Å²) in [5, 5.41) is 7.04. The predicted molar refractivity (Wildman–Crippen MR) is 140 cm³/mol. The third-order valence-corrected chi connectivity index (χ3v) is 6.71. The molecule has 0 saturated heterocycles. The zero-order chi connectivity index (χ0) is 23.3. The van der Waals surface area contributed by atoms with Crippen molar-refractivity contribution >= 4 is 50.2 Å². The molecule has 0 aliphatic heterocycles. The van der Waals surface area contributed by atoms with Crippen LogP contribution < -0.4 is 11.3 Å². The molecule has 33 heavy (non-hydrogen) atoms. The standard InChI is InChI=1S/C25H23IN6O/c1-14(2)18-9-4-5-10-19(18)32-17(11-16-8-6-7-15(3)20(16)25(32)33)12-31-24-21(22(26)30-31)23(27)28-13-29-24/h4-11,13-14H,12H2,1-3H3,(H2,27,28,29). The summed E-state index contributed by atoms with van der Waals surface area (Å²) in [7, 11) is 0. The highest BCUT2D eigenvalue weighted by Crippen LogP contribution is 2.27. The van der Waals surface area contributed by atoms with Crippen LogP contribution in [0.5, 0.6) is 0 Å². The maximum absolute atomic E-state index is 13.9. The normalized spacial score (nSPS) is 11.7. The number of nitrogens with zero attached hydrogens (tertiary/aromatic N) is 5. The predicted octanol–water partition coefficient (Wildman–Crippen LogP) is 4.80. The summed E-state index contributed by atoms with van der Waals surface area (Å²) in [5.41, 5.74) is 10.5. The Morgan fingerprint density at radius 2 is 1.85 bits per heavy atom. The van der Waals surface area contributed by atoms with Gasteiger partial charge in [-0.3, -0.25) is 9.36 Å². The first-order valence-corrected chi connectivity index (χ1v) is 11.8. The van der Waals surface area contributed by atoms with Crippen molar-refractivity contribution in [2.24, 2.45) is 0 Å². The van der Waals surface area contributed by atoms with Crippen molar-refractivity contribution in [3.8, 4) is 5.69 Å². The molecule has 0 fully saturated rings. The lowest BCUT2D eigenvalue weighted by Gasteiger charge is -2.20. The SMILES string of the molecule is Cc1cccc2cc(Cn3nc(I)c4c(N)ncnc43)n(-c3ccccc3C(C)C)c(=O)c12. The quantitative estimate of drug-likeness (QED) is 0.325. The molecule has 8 heteroatoms. The van der Waals surface area contributed by atoms with Crippen molar-refractivity contribution in [2.75, 3.05) is 5.73 Å². The molecule has 3 aromatic heterocycles. The molecule has 0 saturated carbocycles. The highest BCUT2D eigenvalue weighted by atomic mass is 127. The van der Waals surface area contributed by atoms with Gasteiger partial charge in [-0.1, -0.05) is 50.2 Å². The summed E-state index contributed by atoms with van der Waals surface area (Å²) in [6, 6.07) is 16.1. The molecule has 0 aliphatic carbocycles. The van der Waals surface area contributed by atoms with E-state index in [-0.39, 0.29) is 11.5 Å². The van der Waals surface area contributed by atoms with Crippen molar-refractivity contribution in [1.29, 1.82) is 0 Å². The zero-order valence-electron chi connectivity index (χ0n) is 18.6. The molecule has 0 bridgehead atoms. The molecule has 5 aromatic rings. The van der Waals surface area contributed by atoms with E-state index in [1.807, 2.05) is 47.9 Å². The number of nitrogen functional groups attached to an aromatic ring is 1. The van der Waals surface area contributed by atoms with Gasteiger partial charge in [-0.25, -0.2) is 14.6 Å². The molecule has 2 N–H and O–H groups in total. The van der Waals surface area contributed by atoms with Crippen LogP contribution in [-0.2, 0) is 6.54 Å². The number of hydrogen-bond donors (Lipinski definition) is 1. The van der Waals surface area contributed by atoms with Gasteiger partial charge in [-0.2, -0.15) is 5.10 Å². The maximum atomic E-state index is 13.9. The van der Waals surface area contributed by atoms with Crippen LogP contribution in [0.4, 0.5) is 5.82 Å². The van der Waals surface area contributed by atoms with Crippen molar-refractivity contribution in [3.63, 3.8) is 0 Å². The fourth-order valence-electron chi connectivity index (χ4n) is 4.40. The van der Waals surface area contributed by atoms with Gasteiger partial charge < -0.3 is 5.73 Å². The molecule has 0 radical (unpaired) electrons. The molecule has 0 aliphatic rings. The third kappa shape index (κ3) is 3.58. The Bertz CT molecular complexity index is 1580. The lowest BCUT2D eigenvalue weighted by atomic mass is 10.00. The summed E-state index contributed by atoms with van der Waals surface area (Å²) in [6.45, 7) is 6.62. The Hall–Kier alpha value is -3.27. The van der Waals surface area contributed by atoms with Crippen molar-refractivity contribution < 1.29 is 0 Å². The van der Waals surface area contributed by atoms with Crippen LogP contribution in [0.2, 0.25) is 0 Å². The van der Waals surface area contributed by atoms with Gasteiger partial charge in [0.25, 0.3) is 5.56 Å². The van der Waals surface area contributed by atoms with E-state index in [0.717, 1.165) is 42.4 Å². The number of aryl methyl sites for hydroxylation is 1. The van der Waals surface area contributed by atoms with E-state index in [4.69, 9.17) is 5.73 Å². The molecular weight excluding hydrogens is 527 g/mol. The van der Waals surface area contributed by atoms with Crippen molar-refractivity contribution in [3.05, 3.63) is 85.7 Å². The van der Waals surface area contributed by atoms with Crippen LogP contribution in [0.1, 0.15) is 36.6 Å². The highest BCUT2D eigenvalue weighted by Gasteiger charge is 2.19. The van der Waals surface area contributed by atoms with Crippen LogP contribution in [0, 0.1) is 10.6 Å². The Morgan fingerprint density at radius 3 is 2.64 bits per heavy atom. The van der Waals surface area contributed by atoms with Gasteiger partial charge in [-0.15, -0.1) is 0 Å². The zero-order valence-corrected chi connectivity index (χ0v) is 20.7. The topological polar surface area (TPSA) is 91.6 Å². The molecule has 7 nitrogen and oxygen atoms in total. The summed E-state index contributed by atoms with van der Waals surface area (Å²) < 4.78 is 4.35. The number of anilines is 1. The number of aromatic nitrogens is 5. The van der Waals surface area contributed by atoms with E-state index in [1.165, 1.54) is 6.33 Å². The Morgan fingerprint density at radius 1 is 1.06 bits per heavy atom. The third-order valence-electron chi connectivity index (χ3n) is 5.96. The summed E-state index contributed by atoms with van der Waals surface area (Å²) in [4.78, 5) is 22.5. The molecule has 0 spiro atoms. The molecule has 0 atom stereocenters. The minimum absolute atomic E-state index is 0.0333. The second-order valence-corrected chi connectivity index (χ2v) is 9.46. The first-order chi connectivity index (χ1) is 15.9. The first-order valence-electron chi connectivity index (χ1n) is 10.7. The number of hydrogen-bond acceptors (Lipinski definition) is 5. The molecule has 166 valence electrons. The molecular formula is C25H23IN6O. The lowest BCUT2D eigenvalue weighted by molar-refractivity contribution is 0.663. The first kappa shape index (κ1) is 21.6. The number of benzene rings is 2. The van der Waals surface area contributed by atoms with Crippen LogP contribution in [0.15, 0.2) is 59.7 Å². The highest BCUT2D eigenvalue weighted by molar-refractivity contribution is 14.1. The average molecular weight is 550 g/mol. The number of halogens is 1. The average Bonchev–Trinajstić information content (AvgIpc) is 3.10. The largest absolute Gasteiger partial charge is 0.383 e.